The zero-order chi connectivity index (χ0) is 9.90. The highest BCUT2D eigenvalue weighted by atomic mass is 28.3. The van der Waals surface area contributed by atoms with Gasteiger partial charge < -0.3 is 9.47 Å². The predicted octanol–water partition coefficient (Wildman–Crippen LogP) is 1.67. The van der Waals surface area contributed by atoms with Crippen LogP contribution in [0, 0.1) is 11.5 Å². The van der Waals surface area contributed by atoms with Gasteiger partial charge in [0.1, 0.15) is 14.2 Å². The number of ether oxygens (including phenoxy) is 2. The molecule has 0 aliphatic carbocycles. The smallest absolute Gasteiger partial charge is 0.129 e. The maximum Gasteiger partial charge on any atom is 0.129 e. The Kier molecular flexibility index (Phi) is 3.54. The SMILES string of the molecule is CO[C@@H](CC#C[Si](C)(C)C)[C@@H]1CO1. The molecule has 1 aliphatic heterocycles. The lowest BCUT2D eigenvalue weighted by Gasteiger charge is -2.08. The summed E-state index contributed by atoms with van der Waals surface area (Å²) < 4.78 is 10.4. The van der Waals surface area contributed by atoms with Crippen molar-refractivity contribution in [3.05, 3.63) is 0 Å². The molecule has 0 N–H and O–H groups in total. The van der Waals surface area contributed by atoms with Gasteiger partial charge in [-0.25, -0.2) is 0 Å². The van der Waals surface area contributed by atoms with Crippen molar-refractivity contribution in [2.75, 3.05) is 13.7 Å². The van der Waals surface area contributed by atoms with E-state index < -0.39 is 8.07 Å². The van der Waals surface area contributed by atoms with Crippen LogP contribution in [0.5, 0.6) is 0 Å². The van der Waals surface area contributed by atoms with Gasteiger partial charge in [0.25, 0.3) is 0 Å². The molecule has 74 valence electrons. The maximum absolute atomic E-state index is 5.28. The van der Waals surface area contributed by atoms with Crippen LogP contribution in [0.25, 0.3) is 0 Å². The highest BCUT2D eigenvalue weighted by molar-refractivity contribution is 6.83. The standard InChI is InChI=1S/C10H18O2Si/c1-11-9(10-8-12-10)6-5-7-13(2,3)4/h9-10H,6,8H2,1-4H3/t9-,10-/m0/s1. The van der Waals surface area contributed by atoms with Crippen molar-refractivity contribution in [1.82, 2.24) is 0 Å². The molecule has 1 fully saturated rings. The maximum atomic E-state index is 5.28. The van der Waals surface area contributed by atoms with Crippen LogP contribution in [0.1, 0.15) is 6.42 Å². The zero-order valence-corrected chi connectivity index (χ0v) is 9.89. The third-order valence-electron chi connectivity index (χ3n) is 1.84. The molecule has 1 saturated heterocycles. The monoisotopic (exact) mass is 198 g/mol. The van der Waals surface area contributed by atoms with Crippen molar-refractivity contribution in [1.29, 1.82) is 0 Å². The summed E-state index contributed by atoms with van der Waals surface area (Å²) in [6.45, 7) is 7.58. The summed E-state index contributed by atoms with van der Waals surface area (Å²) >= 11 is 0. The van der Waals surface area contributed by atoms with E-state index in [1.54, 1.807) is 7.11 Å². The van der Waals surface area contributed by atoms with E-state index in [0.29, 0.717) is 6.10 Å². The number of hydrogen-bond donors (Lipinski definition) is 0. The number of methoxy groups -OCH3 is 1. The van der Waals surface area contributed by atoms with E-state index in [-0.39, 0.29) is 6.10 Å². The first-order valence-electron chi connectivity index (χ1n) is 4.67. The van der Waals surface area contributed by atoms with Crippen molar-refractivity contribution in [2.24, 2.45) is 0 Å². The number of epoxide rings is 1. The molecule has 0 aromatic rings. The average molecular weight is 198 g/mol. The molecule has 0 aromatic heterocycles. The van der Waals surface area contributed by atoms with Gasteiger partial charge in [-0.3, -0.25) is 0 Å². The first-order valence-corrected chi connectivity index (χ1v) is 8.17. The fraction of sp³-hybridized carbons (Fsp3) is 0.800. The molecule has 0 bridgehead atoms. The number of hydrogen-bond acceptors (Lipinski definition) is 2. The topological polar surface area (TPSA) is 21.8 Å². The Morgan fingerprint density at radius 3 is 2.54 bits per heavy atom. The van der Waals surface area contributed by atoms with Gasteiger partial charge in [0.05, 0.1) is 12.7 Å². The summed E-state index contributed by atoms with van der Waals surface area (Å²) in [6.07, 6.45) is 1.30. The fourth-order valence-corrected chi connectivity index (χ4v) is 1.69. The van der Waals surface area contributed by atoms with Gasteiger partial charge >= 0.3 is 0 Å². The van der Waals surface area contributed by atoms with Crippen LogP contribution in [0.4, 0.5) is 0 Å². The normalized spacial score (nSPS) is 23.2. The second-order valence-electron chi connectivity index (χ2n) is 4.40. The third kappa shape index (κ3) is 4.46. The van der Waals surface area contributed by atoms with E-state index in [2.05, 4.69) is 31.1 Å². The van der Waals surface area contributed by atoms with E-state index in [4.69, 9.17) is 9.47 Å². The second-order valence-corrected chi connectivity index (χ2v) is 9.15. The molecule has 0 radical (unpaired) electrons. The Labute approximate surface area is 81.6 Å². The Balaban J connectivity index is 2.33. The van der Waals surface area contributed by atoms with Crippen molar-refractivity contribution >= 4 is 8.07 Å². The minimum absolute atomic E-state index is 0.184. The molecule has 2 atom stereocenters. The van der Waals surface area contributed by atoms with Gasteiger partial charge in [-0.2, -0.15) is 0 Å². The van der Waals surface area contributed by atoms with Crippen LogP contribution in [0.15, 0.2) is 0 Å². The quantitative estimate of drug-likeness (QED) is 0.391. The second kappa shape index (κ2) is 4.27. The lowest BCUT2D eigenvalue weighted by atomic mass is 10.2. The predicted molar refractivity (Wildman–Crippen MR) is 56.3 cm³/mol. The van der Waals surface area contributed by atoms with Crippen LogP contribution in [-0.2, 0) is 9.47 Å². The summed E-state index contributed by atoms with van der Waals surface area (Å²) in [5.41, 5.74) is 3.32. The molecule has 13 heavy (non-hydrogen) atoms. The van der Waals surface area contributed by atoms with E-state index in [1.807, 2.05) is 0 Å². The van der Waals surface area contributed by atoms with Crippen molar-refractivity contribution in [2.45, 2.75) is 38.3 Å². The van der Waals surface area contributed by atoms with Crippen LogP contribution in [0.3, 0.4) is 0 Å². The largest absolute Gasteiger partial charge is 0.378 e. The lowest BCUT2D eigenvalue weighted by Crippen LogP contribution is -2.19. The Morgan fingerprint density at radius 2 is 2.15 bits per heavy atom. The van der Waals surface area contributed by atoms with Gasteiger partial charge in [0.2, 0.25) is 0 Å². The van der Waals surface area contributed by atoms with E-state index >= 15 is 0 Å². The zero-order valence-electron chi connectivity index (χ0n) is 8.89. The van der Waals surface area contributed by atoms with Crippen LogP contribution in [0.2, 0.25) is 19.6 Å². The summed E-state index contributed by atoms with van der Waals surface area (Å²) in [5.74, 6) is 3.20. The van der Waals surface area contributed by atoms with Crippen LogP contribution in [-0.4, -0.2) is 34.0 Å². The highest BCUT2D eigenvalue weighted by Crippen LogP contribution is 2.18. The van der Waals surface area contributed by atoms with Crippen LogP contribution >= 0.6 is 0 Å². The first kappa shape index (κ1) is 10.8. The fourth-order valence-electron chi connectivity index (χ4n) is 1.05. The first-order chi connectivity index (χ1) is 6.03. The van der Waals surface area contributed by atoms with Gasteiger partial charge in [-0.05, 0) is 0 Å². The molecule has 0 spiro atoms. The molecule has 1 aliphatic rings. The Morgan fingerprint density at radius 1 is 1.54 bits per heavy atom. The molecule has 3 heteroatoms. The molecule has 0 aromatic carbocycles. The van der Waals surface area contributed by atoms with Gasteiger partial charge in [0, 0.05) is 13.5 Å². The minimum Gasteiger partial charge on any atom is -0.378 e. The number of rotatable bonds is 3. The van der Waals surface area contributed by atoms with Gasteiger partial charge in [-0.15, -0.1) is 11.5 Å². The Bertz CT molecular complexity index is 217. The summed E-state index contributed by atoms with van der Waals surface area (Å²) in [4.78, 5) is 0. The summed E-state index contributed by atoms with van der Waals surface area (Å²) in [6, 6.07) is 0. The molecule has 0 saturated carbocycles. The van der Waals surface area contributed by atoms with Gasteiger partial charge in [0.15, 0.2) is 0 Å². The summed E-state index contributed by atoms with van der Waals surface area (Å²) in [5, 5.41) is 0. The molecule has 2 nitrogen and oxygen atoms in total. The lowest BCUT2D eigenvalue weighted by molar-refractivity contribution is 0.0802. The van der Waals surface area contributed by atoms with E-state index in [1.165, 1.54) is 0 Å². The van der Waals surface area contributed by atoms with Gasteiger partial charge in [-0.1, -0.05) is 19.6 Å². The van der Waals surface area contributed by atoms with Crippen molar-refractivity contribution < 1.29 is 9.47 Å². The molecule has 1 rings (SSSR count). The van der Waals surface area contributed by atoms with Crippen molar-refractivity contribution in [3.8, 4) is 11.5 Å². The van der Waals surface area contributed by atoms with E-state index in [0.717, 1.165) is 13.0 Å². The molecular formula is C10H18O2Si. The minimum atomic E-state index is -1.21. The molecule has 1 heterocycles. The van der Waals surface area contributed by atoms with Crippen molar-refractivity contribution in [3.63, 3.8) is 0 Å². The third-order valence-corrected chi connectivity index (χ3v) is 2.77. The molecular weight excluding hydrogens is 180 g/mol. The van der Waals surface area contributed by atoms with Crippen LogP contribution < -0.4 is 0 Å². The molecule has 0 amide bonds. The molecule has 0 unspecified atom stereocenters. The van der Waals surface area contributed by atoms with E-state index in [9.17, 15) is 0 Å². The average Bonchev–Trinajstić information content (AvgIpc) is 2.78. The highest BCUT2D eigenvalue weighted by Gasteiger charge is 2.32. The Hall–Kier alpha value is -0.303. The summed E-state index contributed by atoms with van der Waals surface area (Å²) in [7, 11) is 0.516.